The Morgan fingerprint density at radius 3 is 1.81 bits per heavy atom. The van der Waals surface area contributed by atoms with Crippen LogP contribution in [-0.4, -0.2) is 41.7 Å². The zero-order valence-electron chi connectivity index (χ0n) is 9.01. The lowest BCUT2D eigenvalue weighted by molar-refractivity contribution is -0.193. The van der Waals surface area contributed by atoms with Gasteiger partial charge < -0.3 is 15.9 Å². The minimum absolute atomic E-state index is 0. The van der Waals surface area contributed by atoms with Crippen molar-refractivity contribution in [3.05, 3.63) is 0 Å². The summed E-state index contributed by atoms with van der Waals surface area (Å²) >= 11 is 0. The Kier molecular flexibility index (Phi) is 4.41. The van der Waals surface area contributed by atoms with Crippen LogP contribution in [0.4, 0.5) is 0 Å². The minimum atomic E-state index is -3.95. The van der Waals surface area contributed by atoms with Gasteiger partial charge in [-0.05, 0) is 20.8 Å². The molecule has 0 radical (unpaired) electrons. The number of rotatable bonds is 4. The van der Waals surface area contributed by atoms with Crippen LogP contribution in [-0.2, 0) is 18.8 Å². The summed E-state index contributed by atoms with van der Waals surface area (Å²) in [6.45, 7) is 4.47. The van der Waals surface area contributed by atoms with E-state index in [1.165, 1.54) is 20.8 Å². The molecule has 1 unspecified atom stereocenters. The van der Waals surface area contributed by atoms with Crippen LogP contribution >= 0.6 is 0 Å². The smallest absolute Gasteiger partial charge is 0.405 e. The van der Waals surface area contributed by atoms with Crippen molar-refractivity contribution >= 4 is 10.4 Å². The van der Waals surface area contributed by atoms with Gasteiger partial charge >= 0.3 is 10.4 Å². The zero-order chi connectivity index (χ0) is 11.9. The highest BCUT2D eigenvalue weighted by Gasteiger charge is 2.57. The van der Waals surface area contributed by atoms with Crippen molar-refractivity contribution in [1.82, 2.24) is 11.0 Å². The molecule has 0 aromatic rings. The average molecular weight is 260 g/mol. The van der Waals surface area contributed by atoms with Gasteiger partial charge in [-0.2, -0.15) is 19.4 Å². The average Bonchev–Trinajstić information content (AvgIpc) is 2.12. The predicted octanol–water partition coefficient (Wildman–Crippen LogP) is -1.73. The lowest BCUT2D eigenvalue weighted by Gasteiger charge is -2.47. The number of hydroxylamine groups is 2. The summed E-state index contributed by atoms with van der Waals surface area (Å²) in [6, 6.07) is 0. The summed E-state index contributed by atoms with van der Waals surface area (Å²) in [5, 5.41) is 17.9. The van der Waals surface area contributed by atoms with E-state index in [1.54, 1.807) is 0 Å². The molecule has 9 nitrogen and oxygen atoms in total. The van der Waals surface area contributed by atoms with Crippen molar-refractivity contribution in [3.63, 3.8) is 0 Å². The highest BCUT2D eigenvalue weighted by molar-refractivity contribution is 7.82. The third-order valence-corrected chi connectivity index (χ3v) is 3.51. The number of nitrogens with one attached hydrogen (secondary N) is 2. The van der Waals surface area contributed by atoms with Gasteiger partial charge in [0.15, 0.2) is 0 Å². The molecule has 1 rings (SSSR count). The van der Waals surface area contributed by atoms with Gasteiger partial charge in [-0.15, -0.1) is 0 Å². The lowest BCUT2D eigenvalue weighted by atomic mass is 9.81. The van der Waals surface area contributed by atoms with Crippen molar-refractivity contribution in [2.45, 2.75) is 38.1 Å². The quantitative estimate of drug-likeness (QED) is 0.436. The van der Waals surface area contributed by atoms with E-state index in [0.717, 1.165) is 0 Å². The first-order valence-electron chi connectivity index (χ1n) is 4.12. The van der Waals surface area contributed by atoms with Crippen molar-refractivity contribution in [2.24, 2.45) is 0 Å². The highest BCUT2D eigenvalue weighted by atomic mass is 32.3. The summed E-state index contributed by atoms with van der Waals surface area (Å²) in [6.07, 6.45) is -1.22. The van der Waals surface area contributed by atoms with Crippen molar-refractivity contribution in [1.29, 1.82) is 0 Å². The van der Waals surface area contributed by atoms with Crippen LogP contribution in [0.15, 0.2) is 0 Å². The summed E-state index contributed by atoms with van der Waals surface area (Å²) in [5.41, 5.74) is 1.38. The molecule has 0 saturated carbocycles. The molecular weight excluding hydrogens is 244 g/mol. The summed E-state index contributed by atoms with van der Waals surface area (Å²) in [7, 11) is -3.95. The first kappa shape index (κ1) is 15.7. The second-order valence-corrected chi connectivity index (χ2v) is 5.18. The van der Waals surface area contributed by atoms with E-state index in [-0.39, 0.29) is 5.48 Å². The molecule has 98 valence electrons. The predicted molar refractivity (Wildman–Crippen MR) is 50.8 cm³/mol. The van der Waals surface area contributed by atoms with E-state index in [2.05, 4.69) is 8.37 Å². The van der Waals surface area contributed by atoms with Crippen LogP contribution in [0.25, 0.3) is 0 Å². The number of hydrogen-bond acceptors (Lipinski definition) is 8. The van der Waals surface area contributed by atoms with Gasteiger partial charge in [0.25, 0.3) is 0 Å². The van der Waals surface area contributed by atoms with Crippen LogP contribution in [0.2, 0.25) is 0 Å². The van der Waals surface area contributed by atoms with Gasteiger partial charge in [0.2, 0.25) is 6.29 Å². The molecule has 16 heavy (non-hydrogen) atoms. The van der Waals surface area contributed by atoms with Gasteiger partial charge in [-0.25, -0.2) is 8.37 Å². The van der Waals surface area contributed by atoms with Crippen molar-refractivity contribution < 1.29 is 32.7 Å². The van der Waals surface area contributed by atoms with E-state index in [4.69, 9.17) is 10.4 Å². The molecule has 1 atom stereocenters. The highest BCUT2D eigenvalue weighted by Crippen LogP contribution is 2.34. The molecule has 0 amide bonds. The van der Waals surface area contributed by atoms with E-state index < -0.39 is 27.8 Å². The Bertz CT molecular complexity index is 331. The van der Waals surface area contributed by atoms with E-state index in [1.807, 2.05) is 11.0 Å². The largest absolute Gasteiger partial charge is 0.412 e. The maximum atomic E-state index is 10.6. The van der Waals surface area contributed by atoms with Gasteiger partial charge in [0.1, 0.15) is 5.54 Å². The molecule has 6 N–H and O–H groups in total. The van der Waals surface area contributed by atoms with E-state index >= 15 is 0 Å². The maximum absolute atomic E-state index is 10.6. The first-order valence-corrected chi connectivity index (χ1v) is 5.46. The monoisotopic (exact) mass is 260 g/mol. The fourth-order valence-electron chi connectivity index (χ4n) is 1.02. The molecule has 1 aliphatic heterocycles. The molecular formula is C6H16N2O7S. The summed E-state index contributed by atoms with van der Waals surface area (Å²) in [5.74, 6) is 0. The fourth-order valence-corrected chi connectivity index (χ4v) is 1.84. The summed E-state index contributed by atoms with van der Waals surface area (Å²) < 4.78 is 30.2. The van der Waals surface area contributed by atoms with Gasteiger partial charge in [-0.3, -0.25) is 0 Å². The van der Waals surface area contributed by atoms with Gasteiger partial charge in [-0.1, -0.05) is 0 Å². The Labute approximate surface area is 92.9 Å². The molecule has 0 bridgehead atoms. The molecule has 1 heterocycles. The molecule has 0 aliphatic carbocycles. The Hall–Kier alpha value is -0.330. The van der Waals surface area contributed by atoms with Crippen LogP contribution in [0.5, 0.6) is 0 Å². The standard InChI is InChI=1S/C6H14N2O6S.H2O/c1-5(2,7-9)6(3,8-10)4-13-15(11,12)14-4;/h4,7-10H,1-3H3;1H2. The fraction of sp³-hybridized carbons (Fsp3) is 1.00. The molecule has 10 heteroatoms. The van der Waals surface area contributed by atoms with Crippen molar-refractivity contribution in [3.8, 4) is 0 Å². The molecule has 1 aliphatic rings. The van der Waals surface area contributed by atoms with Crippen LogP contribution in [0.3, 0.4) is 0 Å². The zero-order valence-corrected chi connectivity index (χ0v) is 9.83. The second-order valence-electron chi connectivity index (χ2n) is 3.98. The van der Waals surface area contributed by atoms with E-state index in [9.17, 15) is 8.42 Å². The normalized spacial score (nSPS) is 24.1. The van der Waals surface area contributed by atoms with Gasteiger partial charge in [0, 0.05) is 0 Å². The maximum Gasteiger partial charge on any atom is 0.405 e. The van der Waals surface area contributed by atoms with Crippen LogP contribution < -0.4 is 11.0 Å². The Morgan fingerprint density at radius 2 is 1.56 bits per heavy atom. The molecule has 1 fully saturated rings. The third-order valence-electron chi connectivity index (χ3n) is 2.69. The molecule has 0 aromatic heterocycles. The SMILES string of the molecule is CC(C)(NO)C(C)(NO)C1OS(=O)(=O)O1.O. The Morgan fingerprint density at radius 1 is 1.12 bits per heavy atom. The van der Waals surface area contributed by atoms with E-state index in [0.29, 0.717) is 0 Å². The second kappa shape index (κ2) is 4.50. The minimum Gasteiger partial charge on any atom is -0.412 e. The van der Waals surface area contributed by atoms with Crippen LogP contribution in [0, 0.1) is 0 Å². The third kappa shape index (κ3) is 2.33. The molecule has 1 saturated heterocycles. The number of hydrogen-bond donors (Lipinski definition) is 4. The Balaban J connectivity index is 0.00000225. The molecule has 0 spiro atoms. The summed E-state index contributed by atoms with van der Waals surface area (Å²) in [4.78, 5) is 0. The van der Waals surface area contributed by atoms with Gasteiger partial charge in [0.05, 0.1) is 5.54 Å². The topological polar surface area (TPSA) is 149 Å². The van der Waals surface area contributed by atoms with Crippen molar-refractivity contribution in [2.75, 3.05) is 0 Å². The molecule has 0 aromatic carbocycles. The van der Waals surface area contributed by atoms with Crippen LogP contribution in [0.1, 0.15) is 20.8 Å². The lowest BCUT2D eigenvalue weighted by Crippen LogP contribution is -2.72. The first-order chi connectivity index (χ1) is 6.68.